The number of aliphatic hydroxyl groups is 3. The van der Waals surface area contributed by atoms with Crippen LogP contribution in [0.25, 0.3) is 0 Å². The molecule has 0 rings (SSSR count). The number of hydrogen-bond acceptors (Lipinski definition) is 7. The molecule has 0 aliphatic carbocycles. The SMILES string of the molecule is C=CCOOCC(O)CO.CCCC(=O)[O-].CCCCCCCCCCCCO.[Na+]. The van der Waals surface area contributed by atoms with E-state index in [-0.39, 0.29) is 55.8 Å². The maximum Gasteiger partial charge on any atom is 1.00 e. The summed E-state index contributed by atoms with van der Waals surface area (Å²) >= 11 is 0. The Morgan fingerprint density at radius 2 is 1.43 bits per heavy atom. The van der Waals surface area contributed by atoms with Gasteiger partial charge in [-0.2, -0.15) is 0 Å². The fourth-order valence-corrected chi connectivity index (χ4v) is 2.08. The third kappa shape index (κ3) is 46.3. The number of rotatable bonds is 18. The summed E-state index contributed by atoms with van der Waals surface area (Å²) in [5, 5.41) is 35.0. The van der Waals surface area contributed by atoms with E-state index in [1.165, 1.54) is 63.9 Å². The molecule has 176 valence electrons. The summed E-state index contributed by atoms with van der Waals surface area (Å²) in [6.45, 7) is 7.74. The predicted octanol–water partition coefficient (Wildman–Crippen LogP) is -0.0862. The van der Waals surface area contributed by atoms with Gasteiger partial charge in [0.25, 0.3) is 0 Å². The van der Waals surface area contributed by atoms with E-state index in [0.29, 0.717) is 13.0 Å². The Morgan fingerprint density at radius 1 is 0.933 bits per heavy atom. The summed E-state index contributed by atoms with van der Waals surface area (Å²) in [5.74, 6) is -0.961. The molecule has 0 saturated carbocycles. The maximum absolute atomic E-state index is 9.49. The number of carbonyl (C=O) groups is 1. The summed E-state index contributed by atoms with van der Waals surface area (Å²) in [6, 6.07) is 0. The molecule has 0 heterocycles. The van der Waals surface area contributed by atoms with Crippen molar-refractivity contribution in [2.24, 2.45) is 0 Å². The van der Waals surface area contributed by atoms with E-state index in [4.69, 9.17) is 15.3 Å². The number of carboxylic acids is 1. The Labute approximate surface area is 206 Å². The van der Waals surface area contributed by atoms with Crippen molar-refractivity contribution in [3.05, 3.63) is 12.7 Å². The van der Waals surface area contributed by atoms with Gasteiger partial charge in [0.1, 0.15) is 19.3 Å². The first-order chi connectivity index (χ1) is 14.0. The quantitative estimate of drug-likeness (QED) is 0.0889. The molecule has 0 aliphatic heterocycles. The maximum atomic E-state index is 9.49. The van der Waals surface area contributed by atoms with Crippen LogP contribution in [0, 0.1) is 0 Å². The van der Waals surface area contributed by atoms with Gasteiger partial charge >= 0.3 is 29.6 Å². The standard InChI is InChI=1S/C12H26O.C6H12O4.C4H8O2.Na/c1-2-3-4-5-6-7-8-9-10-11-12-13;1-2-3-9-10-5-6(8)4-7;1-2-3-4(5)6;/h13H,2-12H2,1H3;2,6-8H,1,3-5H2;2-3H2,1H3,(H,5,6);/q;;;+1/p-1. The zero-order valence-corrected chi connectivity index (χ0v) is 21.7. The molecule has 0 aliphatic rings. The summed E-state index contributed by atoms with van der Waals surface area (Å²) in [5.41, 5.74) is 0. The Bertz CT molecular complexity index is 308. The minimum absolute atomic E-state index is 0. The molecule has 0 aromatic rings. The molecule has 0 aromatic heterocycles. The molecule has 0 amide bonds. The molecule has 0 spiro atoms. The minimum atomic E-state index is -0.961. The molecule has 7 nitrogen and oxygen atoms in total. The molecule has 0 saturated heterocycles. The second-order valence-electron chi connectivity index (χ2n) is 6.72. The second-order valence-corrected chi connectivity index (χ2v) is 6.72. The van der Waals surface area contributed by atoms with Crippen LogP contribution in [0.4, 0.5) is 0 Å². The Balaban J connectivity index is -0.000000177. The van der Waals surface area contributed by atoms with E-state index in [1.807, 2.05) is 0 Å². The van der Waals surface area contributed by atoms with Crippen LogP contribution in [0.15, 0.2) is 12.7 Å². The van der Waals surface area contributed by atoms with E-state index < -0.39 is 12.1 Å². The molecule has 3 N–H and O–H groups in total. The summed E-state index contributed by atoms with van der Waals surface area (Å²) in [4.78, 5) is 18.4. The number of carboxylic acid groups (broad SMARTS) is 1. The van der Waals surface area contributed by atoms with Gasteiger partial charge < -0.3 is 25.2 Å². The van der Waals surface area contributed by atoms with E-state index in [9.17, 15) is 9.90 Å². The third-order valence-electron chi connectivity index (χ3n) is 3.71. The molecule has 0 aromatic carbocycles. The molecular weight excluding hydrogens is 399 g/mol. The molecule has 30 heavy (non-hydrogen) atoms. The molecule has 0 bridgehead atoms. The van der Waals surface area contributed by atoms with E-state index in [2.05, 4.69) is 23.3 Å². The Morgan fingerprint density at radius 3 is 1.77 bits per heavy atom. The minimum Gasteiger partial charge on any atom is -0.550 e. The average molecular weight is 445 g/mol. The van der Waals surface area contributed by atoms with Crippen LogP contribution >= 0.6 is 0 Å². The van der Waals surface area contributed by atoms with Crippen molar-refractivity contribution in [2.45, 2.75) is 97.0 Å². The average Bonchev–Trinajstić information content (AvgIpc) is 2.70. The van der Waals surface area contributed by atoms with Gasteiger partial charge in [-0.1, -0.05) is 84.1 Å². The van der Waals surface area contributed by atoms with Crippen molar-refractivity contribution in [1.82, 2.24) is 0 Å². The summed E-state index contributed by atoms with van der Waals surface area (Å²) in [6.07, 6.45) is 14.8. The van der Waals surface area contributed by atoms with E-state index in [1.54, 1.807) is 6.92 Å². The van der Waals surface area contributed by atoms with Crippen LogP contribution in [-0.2, 0) is 14.6 Å². The summed E-state index contributed by atoms with van der Waals surface area (Å²) in [7, 11) is 0. The Kier molecular flexibility index (Phi) is 45.3. The van der Waals surface area contributed by atoms with Gasteiger partial charge in [-0.05, 0) is 12.8 Å². The molecule has 1 atom stereocenters. The van der Waals surface area contributed by atoms with Crippen LogP contribution in [0.5, 0.6) is 0 Å². The van der Waals surface area contributed by atoms with Crippen LogP contribution in [0.3, 0.4) is 0 Å². The van der Waals surface area contributed by atoms with Gasteiger partial charge in [0.05, 0.1) is 6.61 Å². The Hall–Kier alpha value is 0.0100. The van der Waals surface area contributed by atoms with Crippen LogP contribution in [-0.4, -0.2) is 53.8 Å². The molecule has 0 fully saturated rings. The van der Waals surface area contributed by atoms with Crippen molar-refractivity contribution >= 4 is 5.97 Å². The van der Waals surface area contributed by atoms with Gasteiger partial charge in [0, 0.05) is 12.6 Å². The first-order valence-corrected chi connectivity index (χ1v) is 10.9. The van der Waals surface area contributed by atoms with E-state index >= 15 is 0 Å². The zero-order valence-electron chi connectivity index (χ0n) is 19.7. The van der Waals surface area contributed by atoms with Crippen LogP contribution in [0.1, 0.15) is 90.9 Å². The van der Waals surface area contributed by atoms with Crippen molar-refractivity contribution < 1.29 is 64.6 Å². The zero-order chi connectivity index (χ0) is 22.6. The number of aliphatic carboxylic acids is 1. The largest absolute Gasteiger partial charge is 1.00 e. The second kappa shape index (κ2) is 36.4. The first-order valence-electron chi connectivity index (χ1n) is 10.9. The van der Waals surface area contributed by atoms with Crippen molar-refractivity contribution in [1.29, 1.82) is 0 Å². The van der Waals surface area contributed by atoms with Gasteiger partial charge in [-0.3, -0.25) is 0 Å². The number of hydrogen-bond donors (Lipinski definition) is 3. The third-order valence-corrected chi connectivity index (χ3v) is 3.71. The van der Waals surface area contributed by atoms with E-state index in [0.717, 1.165) is 6.42 Å². The first kappa shape index (κ1) is 37.3. The van der Waals surface area contributed by atoms with Crippen LogP contribution < -0.4 is 34.7 Å². The number of unbranched alkanes of at least 4 members (excludes halogenated alkanes) is 9. The van der Waals surface area contributed by atoms with Crippen molar-refractivity contribution in [3.8, 4) is 0 Å². The monoisotopic (exact) mass is 444 g/mol. The fourth-order valence-electron chi connectivity index (χ4n) is 2.08. The molecule has 0 radical (unpaired) electrons. The van der Waals surface area contributed by atoms with Gasteiger partial charge in [-0.15, -0.1) is 6.58 Å². The number of aliphatic hydroxyl groups excluding tert-OH is 3. The normalized spacial score (nSPS) is 10.6. The van der Waals surface area contributed by atoms with Crippen LogP contribution in [0.2, 0.25) is 0 Å². The van der Waals surface area contributed by atoms with Crippen molar-refractivity contribution in [2.75, 3.05) is 26.4 Å². The predicted molar refractivity (Wildman–Crippen MR) is 114 cm³/mol. The molecular formula is C22H45NaO7. The topological polar surface area (TPSA) is 119 Å². The smallest absolute Gasteiger partial charge is 0.550 e. The number of carbonyl (C=O) groups excluding carboxylic acids is 1. The van der Waals surface area contributed by atoms with Gasteiger partial charge in [0.15, 0.2) is 0 Å². The molecule has 8 heteroatoms. The summed E-state index contributed by atoms with van der Waals surface area (Å²) < 4.78 is 0. The fraction of sp³-hybridized carbons (Fsp3) is 0.864. The van der Waals surface area contributed by atoms with Gasteiger partial charge in [0.2, 0.25) is 0 Å². The molecule has 1 unspecified atom stereocenters. The van der Waals surface area contributed by atoms with Gasteiger partial charge in [-0.25, -0.2) is 9.78 Å². The van der Waals surface area contributed by atoms with Crippen molar-refractivity contribution in [3.63, 3.8) is 0 Å².